The predicted molar refractivity (Wildman–Crippen MR) is 112 cm³/mol. The van der Waals surface area contributed by atoms with Crippen molar-refractivity contribution in [3.05, 3.63) is 64.7 Å². The Morgan fingerprint density at radius 2 is 1.91 bits per heavy atom. The topological polar surface area (TPSA) is 58.6 Å². The predicted octanol–water partition coefficient (Wildman–Crippen LogP) is 4.09. The third-order valence-corrected chi connectivity index (χ3v) is 5.73. The fourth-order valence-corrected chi connectivity index (χ4v) is 3.78. The minimum Gasteiger partial charge on any atom is -0.491 e. The van der Waals surface area contributed by atoms with Gasteiger partial charge in [-0.25, -0.2) is 0 Å². The number of rotatable bonds is 6. The molecule has 1 saturated carbocycles. The van der Waals surface area contributed by atoms with Gasteiger partial charge in [-0.3, -0.25) is 9.59 Å². The molecule has 170 valence electrons. The molecule has 1 aliphatic heterocycles. The van der Waals surface area contributed by atoms with E-state index in [1.54, 1.807) is 6.07 Å². The standard InChI is InChI=1S/C24H25F3N2O3/c25-24(26,27)20-3-1-2-17(13-20)14-28-22(30)9-5-16-4-8-21-19(12-16)15-29(10-11-32-21)23(31)18-6-7-18/h1-4,8,12-13,18H,5-7,9-11,14-15H2,(H,28,30). The van der Waals surface area contributed by atoms with Gasteiger partial charge in [0.1, 0.15) is 12.4 Å². The number of halogens is 3. The number of hydrogen-bond donors (Lipinski definition) is 1. The van der Waals surface area contributed by atoms with Gasteiger partial charge in [-0.2, -0.15) is 13.2 Å². The van der Waals surface area contributed by atoms with Crippen LogP contribution in [0.4, 0.5) is 13.2 Å². The molecule has 1 heterocycles. The zero-order valence-electron chi connectivity index (χ0n) is 17.6. The van der Waals surface area contributed by atoms with Gasteiger partial charge >= 0.3 is 6.18 Å². The van der Waals surface area contributed by atoms with E-state index in [0.29, 0.717) is 31.7 Å². The van der Waals surface area contributed by atoms with Crippen molar-refractivity contribution in [1.29, 1.82) is 0 Å². The summed E-state index contributed by atoms with van der Waals surface area (Å²) in [5.74, 6) is 0.856. The molecule has 5 nitrogen and oxygen atoms in total. The number of nitrogens with one attached hydrogen (secondary N) is 1. The summed E-state index contributed by atoms with van der Waals surface area (Å²) in [6.45, 7) is 1.57. The lowest BCUT2D eigenvalue weighted by Gasteiger charge is -2.19. The summed E-state index contributed by atoms with van der Waals surface area (Å²) in [4.78, 5) is 26.5. The average Bonchev–Trinajstić information content (AvgIpc) is 3.62. The van der Waals surface area contributed by atoms with Crippen LogP contribution in [-0.4, -0.2) is 29.9 Å². The van der Waals surface area contributed by atoms with E-state index in [0.717, 1.165) is 41.9 Å². The first kappa shape index (κ1) is 22.2. The molecule has 4 rings (SSSR count). The van der Waals surface area contributed by atoms with Crippen molar-refractivity contribution < 1.29 is 27.5 Å². The van der Waals surface area contributed by atoms with Crippen LogP contribution in [0.2, 0.25) is 0 Å². The largest absolute Gasteiger partial charge is 0.491 e. The van der Waals surface area contributed by atoms with Gasteiger partial charge in [0.05, 0.1) is 12.1 Å². The van der Waals surface area contributed by atoms with Gasteiger partial charge in [0, 0.05) is 31.0 Å². The van der Waals surface area contributed by atoms with Crippen molar-refractivity contribution in [2.45, 2.75) is 44.9 Å². The highest BCUT2D eigenvalue weighted by Gasteiger charge is 2.34. The highest BCUT2D eigenvalue weighted by Crippen LogP contribution is 2.33. The van der Waals surface area contributed by atoms with Crippen molar-refractivity contribution in [3.8, 4) is 5.75 Å². The zero-order valence-corrected chi connectivity index (χ0v) is 17.6. The van der Waals surface area contributed by atoms with E-state index in [4.69, 9.17) is 4.74 Å². The second kappa shape index (κ2) is 9.22. The van der Waals surface area contributed by atoms with E-state index >= 15 is 0 Å². The summed E-state index contributed by atoms with van der Waals surface area (Å²) in [6, 6.07) is 10.7. The molecule has 0 saturated heterocycles. The maximum absolute atomic E-state index is 12.8. The molecular formula is C24H25F3N2O3. The number of ether oxygens (including phenoxy) is 1. The molecule has 2 aromatic rings. The van der Waals surface area contributed by atoms with E-state index in [-0.39, 0.29) is 30.7 Å². The summed E-state index contributed by atoms with van der Waals surface area (Å²) < 4.78 is 44.2. The molecule has 1 fully saturated rings. The quantitative estimate of drug-likeness (QED) is 0.728. The van der Waals surface area contributed by atoms with E-state index in [1.807, 2.05) is 23.1 Å². The van der Waals surface area contributed by atoms with Crippen LogP contribution >= 0.6 is 0 Å². The number of alkyl halides is 3. The van der Waals surface area contributed by atoms with Crippen molar-refractivity contribution in [2.75, 3.05) is 13.2 Å². The summed E-state index contributed by atoms with van der Waals surface area (Å²) >= 11 is 0. The number of aryl methyl sites for hydroxylation is 1. The van der Waals surface area contributed by atoms with Crippen molar-refractivity contribution in [2.24, 2.45) is 5.92 Å². The zero-order chi connectivity index (χ0) is 22.7. The average molecular weight is 446 g/mol. The van der Waals surface area contributed by atoms with Crippen LogP contribution in [-0.2, 0) is 35.3 Å². The molecule has 0 unspecified atom stereocenters. The van der Waals surface area contributed by atoms with Crippen molar-refractivity contribution >= 4 is 11.8 Å². The van der Waals surface area contributed by atoms with Gasteiger partial charge in [-0.15, -0.1) is 0 Å². The molecule has 1 aliphatic carbocycles. The second-order valence-corrected chi connectivity index (χ2v) is 8.30. The van der Waals surface area contributed by atoms with Crippen molar-refractivity contribution in [1.82, 2.24) is 10.2 Å². The number of benzene rings is 2. The van der Waals surface area contributed by atoms with Gasteiger partial charge in [0.15, 0.2) is 0 Å². The first-order valence-corrected chi connectivity index (χ1v) is 10.8. The Labute approximate surface area is 184 Å². The molecule has 8 heteroatoms. The lowest BCUT2D eigenvalue weighted by Crippen LogP contribution is -2.33. The van der Waals surface area contributed by atoms with Crippen LogP contribution in [0.5, 0.6) is 5.75 Å². The van der Waals surface area contributed by atoms with E-state index < -0.39 is 11.7 Å². The van der Waals surface area contributed by atoms with Gasteiger partial charge < -0.3 is 15.0 Å². The molecule has 0 spiro atoms. The molecule has 2 aromatic carbocycles. The maximum Gasteiger partial charge on any atom is 0.416 e. The summed E-state index contributed by atoms with van der Waals surface area (Å²) in [5, 5.41) is 2.68. The van der Waals surface area contributed by atoms with Crippen LogP contribution in [0.3, 0.4) is 0 Å². The Bertz CT molecular complexity index is 1000. The van der Waals surface area contributed by atoms with E-state index in [2.05, 4.69) is 5.32 Å². The van der Waals surface area contributed by atoms with E-state index in [9.17, 15) is 22.8 Å². The fourth-order valence-electron chi connectivity index (χ4n) is 3.78. The third-order valence-electron chi connectivity index (χ3n) is 5.73. The Kier molecular flexibility index (Phi) is 6.39. The Hall–Kier alpha value is -3.03. The Morgan fingerprint density at radius 1 is 1.09 bits per heavy atom. The lowest BCUT2D eigenvalue weighted by molar-refractivity contribution is -0.137. The first-order valence-electron chi connectivity index (χ1n) is 10.8. The summed E-state index contributed by atoms with van der Waals surface area (Å²) in [7, 11) is 0. The number of carbonyl (C=O) groups is 2. The molecule has 32 heavy (non-hydrogen) atoms. The lowest BCUT2D eigenvalue weighted by atomic mass is 10.0. The monoisotopic (exact) mass is 446 g/mol. The number of nitrogens with zero attached hydrogens (tertiary/aromatic N) is 1. The highest BCUT2D eigenvalue weighted by molar-refractivity contribution is 5.81. The molecule has 2 aliphatic rings. The molecule has 0 radical (unpaired) electrons. The molecular weight excluding hydrogens is 421 g/mol. The van der Waals surface area contributed by atoms with Crippen LogP contribution in [0.1, 0.15) is 41.5 Å². The highest BCUT2D eigenvalue weighted by atomic mass is 19.4. The number of carbonyl (C=O) groups excluding carboxylic acids is 2. The number of amides is 2. The minimum atomic E-state index is -4.41. The van der Waals surface area contributed by atoms with Gasteiger partial charge in [0.25, 0.3) is 0 Å². The fraction of sp³-hybridized carbons (Fsp3) is 0.417. The Morgan fingerprint density at radius 3 is 2.66 bits per heavy atom. The molecule has 1 N–H and O–H groups in total. The molecule has 0 aromatic heterocycles. The minimum absolute atomic E-state index is 0.0407. The van der Waals surface area contributed by atoms with Gasteiger partial charge in [-0.1, -0.05) is 24.3 Å². The van der Waals surface area contributed by atoms with Crippen molar-refractivity contribution in [3.63, 3.8) is 0 Å². The molecule has 0 bridgehead atoms. The Balaban J connectivity index is 1.31. The summed E-state index contributed by atoms with van der Waals surface area (Å²) in [6.07, 6.45) is -1.80. The van der Waals surface area contributed by atoms with Crippen LogP contribution in [0.25, 0.3) is 0 Å². The normalized spacial score (nSPS) is 16.0. The third kappa shape index (κ3) is 5.60. The van der Waals surface area contributed by atoms with Gasteiger partial charge in [-0.05, 0) is 48.6 Å². The van der Waals surface area contributed by atoms with Gasteiger partial charge in [0.2, 0.25) is 11.8 Å². The molecule has 2 amide bonds. The SMILES string of the molecule is O=C(CCc1ccc2c(c1)CN(C(=O)C1CC1)CCO2)NCc1cccc(C(F)(F)F)c1. The summed E-state index contributed by atoms with van der Waals surface area (Å²) in [5.41, 5.74) is 1.54. The number of hydrogen-bond acceptors (Lipinski definition) is 3. The van der Waals surface area contributed by atoms with Crippen LogP contribution in [0.15, 0.2) is 42.5 Å². The molecule has 0 atom stereocenters. The first-order chi connectivity index (χ1) is 15.3. The smallest absolute Gasteiger partial charge is 0.416 e. The van der Waals surface area contributed by atoms with Crippen LogP contribution in [0, 0.1) is 5.92 Å². The van der Waals surface area contributed by atoms with Crippen LogP contribution < -0.4 is 10.1 Å². The van der Waals surface area contributed by atoms with E-state index in [1.165, 1.54) is 6.07 Å². The second-order valence-electron chi connectivity index (χ2n) is 8.30. The number of fused-ring (bicyclic) bond motifs is 1. The maximum atomic E-state index is 12.8.